The molecule has 8 heteroatoms. The van der Waals surface area contributed by atoms with Gasteiger partial charge in [-0.15, -0.1) is 0 Å². The Morgan fingerprint density at radius 3 is 2.28 bits per heavy atom. The first kappa shape index (κ1) is 20.9. The summed E-state index contributed by atoms with van der Waals surface area (Å²) >= 11 is 0. The number of alkyl halides is 3. The number of nitriles is 1. The number of allylic oxidation sites excluding steroid dienone is 3. The number of rotatable bonds is 2. The molecule has 1 aromatic carbocycles. The number of nitrogens with two attached hydrogens (primary N) is 1. The van der Waals surface area contributed by atoms with E-state index < -0.39 is 17.7 Å². The van der Waals surface area contributed by atoms with E-state index in [9.17, 15) is 23.2 Å². The van der Waals surface area contributed by atoms with Crippen LogP contribution in [-0.4, -0.2) is 29.9 Å². The summed E-state index contributed by atoms with van der Waals surface area (Å²) < 4.78 is 38.9. The minimum absolute atomic E-state index is 0.117. The molecule has 0 spiro atoms. The minimum atomic E-state index is -4.46. The van der Waals surface area contributed by atoms with Crippen molar-refractivity contribution < 1.29 is 18.0 Å². The lowest BCUT2D eigenvalue weighted by Gasteiger charge is -2.45. The number of ketones is 1. The molecule has 1 aliphatic carbocycles. The molecule has 0 saturated carbocycles. The third-order valence-electron chi connectivity index (χ3n) is 5.33. The SMILES string of the molecule is CN(C)N1C(N)=C(C#N)[C@H](c2ccc(C(F)(F)F)cc2)C2=C1CC(C)(C)CC2=O. The highest BCUT2D eigenvalue weighted by Gasteiger charge is 2.45. The molecule has 0 fully saturated rings. The van der Waals surface area contributed by atoms with E-state index in [4.69, 9.17) is 5.73 Å². The average Bonchev–Trinajstić information content (AvgIpc) is 2.58. The standard InChI is InChI=1S/C21H23F3N4O/c1-20(2)9-15-18(16(29)10-20)17(14(11-25)19(26)28(15)27(3)4)12-5-7-13(8-6-12)21(22,23)24/h5-8,17H,9-10,26H2,1-4H3/t17-/m0/s1. The van der Waals surface area contributed by atoms with Crippen LogP contribution in [0.15, 0.2) is 46.9 Å². The van der Waals surface area contributed by atoms with Gasteiger partial charge in [0.05, 0.1) is 23.1 Å². The van der Waals surface area contributed by atoms with Gasteiger partial charge in [0.25, 0.3) is 0 Å². The van der Waals surface area contributed by atoms with Gasteiger partial charge < -0.3 is 5.73 Å². The Morgan fingerprint density at radius 2 is 1.79 bits per heavy atom. The second-order valence-electron chi connectivity index (χ2n) is 8.42. The zero-order chi connectivity index (χ0) is 21.7. The van der Waals surface area contributed by atoms with Gasteiger partial charge in [0.2, 0.25) is 0 Å². The summed E-state index contributed by atoms with van der Waals surface area (Å²) in [6, 6.07) is 6.66. The molecule has 154 valence electrons. The molecule has 3 rings (SSSR count). The molecule has 0 aromatic heterocycles. The minimum Gasteiger partial charge on any atom is -0.383 e. The first-order chi connectivity index (χ1) is 13.4. The third-order valence-corrected chi connectivity index (χ3v) is 5.33. The number of benzene rings is 1. The molecular weight excluding hydrogens is 381 g/mol. The first-order valence-electron chi connectivity index (χ1n) is 9.18. The highest BCUT2D eigenvalue weighted by Crippen LogP contribution is 2.49. The second kappa shape index (κ2) is 6.92. The Kier molecular flexibility index (Phi) is 4.99. The average molecular weight is 404 g/mol. The van der Waals surface area contributed by atoms with Crippen molar-refractivity contribution in [3.05, 3.63) is 58.1 Å². The maximum atomic E-state index is 13.1. The fourth-order valence-corrected chi connectivity index (χ4v) is 4.15. The summed E-state index contributed by atoms with van der Waals surface area (Å²) in [5, 5.41) is 13.2. The molecule has 1 atom stereocenters. The van der Waals surface area contributed by atoms with Crippen LogP contribution in [0.1, 0.15) is 43.7 Å². The molecule has 0 saturated heterocycles. The monoisotopic (exact) mass is 404 g/mol. The zero-order valence-corrected chi connectivity index (χ0v) is 16.8. The Morgan fingerprint density at radius 1 is 1.21 bits per heavy atom. The summed E-state index contributed by atoms with van der Waals surface area (Å²) in [7, 11) is 3.52. The highest BCUT2D eigenvalue weighted by molar-refractivity contribution is 6.00. The van der Waals surface area contributed by atoms with Crippen LogP contribution in [0.5, 0.6) is 0 Å². The maximum absolute atomic E-state index is 13.1. The Labute approximate surface area is 167 Å². The molecule has 2 aliphatic rings. The Bertz CT molecular complexity index is 950. The number of halogens is 3. The van der Waals surface area contributed by atoms with Crippen LogP contribution in [-0.2, 0) is 11.0 Å². The van der Waals surface area contributed by atoms with Gasteiger partial charge in [0, 0.05) is 31.8 Å². The van der Waals surface area contributed by atoms with E-state index in [0.717, 1.165) is 12.1 Å². The topological polar surface area (TPSA) is 73.4 Å². The van der Waals surface area contributed by atoms with E-state index in [0.29, 0.717) is 29.7 Å². The Balaban J connectivity index is 2.22. The molecule has 1 heterocycles. The van der Waals surface area contributed by atoms with E-state index in [1.54, 1.807) is 24.1 Å². The van der Waals surface area contributed by atoms with Gasteiger partial charge in [0.1, 0.15) is 5.82 Å². The van der Waals surface area contributed by atoms with E-state index >= 15 is 0 Å². The summed E-state index contributed by atoms with van der Waals surface area (Å²) in [4.78, 5) is 13.1. The van der Waals surface area contributed by atoms with Crippen LogP contribution in [0.3, 0.4) is 0 Å². The van der Waals surface area contributed by atoms with Gasteiger partial charge in [-0.1, -0.05) is 26.0 Å². The van der Waals surface area contributed by atoms with Crippen LogP contribution in [0.25, 0.3) is 0 Å². The van der Waals surface area contributed by atoms with Gasteiger partial charge in [-0.2, -0.15) is 18.4 Å². The van der Waals surface area contributed by atoms with Crippen molar-refractivity contribution in [2.75, 3.05) is 14.1 Å². The van der Waals surface area contributed by atoms with Crippen LogP contribution in [0.4, 0.5) is 13.2 Å². The van der Waals surface area contributed by atoms with Crippen molar-refractivity contribution in [1.82, 2.24) is 10.0 Å². The van der Waals surface area contributed by atoms with E-state index in [2.05, 4.69) is 6.07 Å². The molecule has 0 bridgehead atoms. The Hall–Kier alpha value is -2.79. The van der Waals surface area contributed by atoms with Crippen molar-refractivity contribution in [3.8, 4) is 6.07 Å². The summed E-state index contributed by atoms with van der Waals surface area (Å²) in [6.45, 7) is 3.96. The number of nitrogens with zero attached hydrogens (tertiary/aromatic N) is 3. The summed E-state index contributed by atoms with van der Waals surface area (Å²) in [6.07, 6.45) is -3.61. The van der Waals surface area contributed by atoms with Gasteiger partial charge in [-0.3, -0.25) is 9.80 Å². The molecule has 0 radical (unpaired) electrons. The van der Waals surface area contributed by atoms with Gasteiger partial charge in [-0.25, -0.2) is 5.01 Å². The normalized spacial score (nSPS) is 22.1. The van der Waals surface area contributed by atoms with E-state index in [-0.39, 0.29) is 22.6 Å². The quantitative estimate of drug-likeness (QED) is 0.809. The third kappa shape index (κ3) is 3.62. The van der Waals surface area contributed by atoms with Gasteiger partial charge >= 0.3 is 6.18 Å². The lowest BCUT2D eigenvalue weighted by molar-refractivity contribution is -0.137. The number of Topliss-reactive ketones (excluding diaryl/α,β-unsaturated/α-hetero) is 1. The van der Waals surface area contributed by atoms with E-state index in [1.807, 2.05) is 13.8 Å². The van der Waals surface area contributed by atoms with Crippen molar-refractivity contribution in [2.45, 2.75) is 38.8 Å². The maximum Gasteiger partial charge on any atom is 0.416 e. The van der Waals surface area contributed by atoms with Crippen molar-refractivity contribution in [2.24, 2.45) is 11.1 Å². The molecule has 29 heavy (non-hydrogen) atoms. The smallest absolute Gasteiger partial charge is 0.383 e. The lowest BCUT2D eigenvalue weighted by atomic mass is 9.69. The van der Waals surface area contributed by atoms with Crippen molar-refractivity contribution in [3.63, 3.8) is 0 Å². The largest absolute Gasteiger partial charge is 0.416 e. The zero-order valence-electron chi connectivity index (χ0n) is 16.8. The molecular formula is C21H23F3N4O. The predicted molar refractivity (Wildman–Crippen MR) is 102 cm³/mol. The van der Waals surface area contributed by atoms with Crippen molar-refractivity contribution in [1.29, 1.82) is 5.26 Å². The molecule has 1 aliphatic heterocycles. The number of carbonyl (C=O) groups excluding carboxylic acids is 1. The summed E-state index contributed by atoms with van der Waals surface area (Å²) in [5.41, 5.74) is 6.97. The van der Waals surface area contributed by atoms with Crippen LogP contribution in [0.2, 0.25) is 0 Å². The molecule has 5 nitrogen and oxygen atoms in total. The lowest BCUT2D eigenvalue weighted by Crippen LogP contribution is -2.47. The molecule has 1 aromatic rings. The fraction of sp³-hybridized carbons (Fsp3) is 0.429. The number of hydrogen-bond donors (Lipinski definition) is 1. The van der Waals surface area contributed by atoms with Crippen molar-refractivity contribution >= 4 is 5.78 Å². The van der Waals surface area contributed by atoms with E-state index in [1.165, 1.54) is 12.1 Å². The number of hydrazine groups is 1. The number of carbonyl (C=O) groups is 1. The first-order valence-corrected chi connectivity index (χ1v) is 9.18. The predicted octanol–water partition coefficient (Wildman–Crippen LogP) is 3.92. The molecule has 0 unspecified atom stereocenters. The van der Waals surface area contributed by atoms with Gasteiger partial charge in [0.15, 0.2) is 5.78 Å². The fourth-order valence-electron chi connectivity index (χ4n) is 4.15. The molecule has 0 amide bonds. The van der Waals surface area contributed by atoms with Crippen LogP contribution >= 0.6 is 0 Å². The van der Waals surface area contributed by atoms with Gasteiger partial charge in [-0.05, 0) is 29.5 Å². The van der Waals surface area contributed by atoms with Crippen LogP contribution in [0, 0.1) is 16.7 Å². The van der Waals surface area contributed by atoms with Crippen LogP contribution < -0.4 is 5.73 Å². The second-order valence-corrected chi connectivity index (χ2v) is 8.42. The number of hydrogen-bond acceptors (Lipinski definition) is 5. The molecule has 2 N–H and O–H groups in total. The summed E-state index contributed by atoms with van der Waals surface area (Å²) in [5.74, 6) is -0.711. The highest BCUT2D eigenvalue weighted by atomic mass is 19.4.